The van der Waals surface area contributed by atoms with E-state index in [1.54, 1.807) is 10.9 Å². The van der Waals surface area contributed by atoms with Gasteiger partial charge in [-0.25, -0.2) is 4.98 Å². The first-order valence-electron chi connectivity index (χ1n) is 7.31. The van der Waals surface area contributed by atoms with Crippen LogP contribution >= 0.6 is 0 Å². The van der Waals surface area contributed by atoms with Crippen molar-refractivity contribution in [3.8, 4) is 0 Å². The van der Waals surface area contributed by atoms with Gasteiger partial charge in [-0.15, -0.1) is 0 Å². The molecule has 0 fully saturated rings. The zero-order valence-corrected chi connectivity index (χ0v) is 13.7. The first-order valence-corrected chi connectivity index (χ1v) is 7.31. The molecule has 5 nitrogen and oxygen atoms in total. The van der Waals surface area contributed by atoms with Crippen molar-refractivity contribution in [1.29, 1.82) is 0 Å². The predicted molar refractivity (Wildman–Crippen MR) is 84.4 cm³/mol. The van der Waals surface area contributed by atoms with Gasteiger partial charge in [0.15, 0.2) is 5.65 Å². The van der Waals surface area contributed by atoms with E-state index in [1.165, 1.54) is 0 Å². The molecular formula is C16H24N4O. The van der Waals surface area contributed by atoms with E-state index in [2.05, 4.69) is 50.0 Å². The van der Waals surface area contributed by atoms with Crippen LogP contribution in [0.4, 0.5) is 0 Å². The highest BCUT2D eigenvalue weighted by molar-refractivity contribution is 6.05. The number of nitrogens with one attached hydrogen (secondary N) is 1. The van der Waals surface area contributed by atoms with Gasteiger partial charge in [0.25, 0.3) is 5.91 Å². The minimum absolute atomic E-state index is 0.0606. The van der Waals surface area contributed by atoms with Gasteiger partial charge in [-0.3, -0.25) is 9.48 Å². The van der Waals surface area contributed by atoms with Gasteiger partial charge in [0.2, 0.25) is 0 Å². The third kappa shape index (κ3) is 3.23. The van der Waals surface area contributed by atoms with Crippen LogP contribution in [0.3, 0.4) is 0 Å². The highest BCUT2D eigenvalue weighted by atomic mass is 16.1. The number of carbonyl (C=O) groups excluding carboxylic acids is 1. The van der Waals surface area contributed by atoms with Gasteiger partial charge in [0, 0.05) is 24.7 Å². The second-order valence-corrected chi connectivity index (χ2v) is 6.91. The van der Waals surface area contributed by atoms with Crippen LogP contribution in [-0.2, 0) is 12.5 Å². The molecule has 0 aliphatic heterocycles. The van der Waals surface area contributed by atoms with E-state index in [0.717, 1.165) is 16.7 Å². The smallest absolute Gasteiger partial charge is 0.252 e. The van der Waals surface area contributed by atoms with Gasteiger partial charge in [-0.2, -0.15) is 5.10 Å². The summed E-state index contributed by atoms with van der Waals surface area (Å²) >= 11 is 0. The molecule has 0 saturated carbocycles. The lowest BCUT2D eigenvalue weighted by molar-refractivity contribution is 0.0950. The molecule has 2 rings (SSSR count). The Balaban J connectivity index is 2.53. The molecule has 0 atom stereocenters. The number of fused-ring (bicyclic) bond motifs is 1. The molecule has 21 heavy (non-hydrogen) atoms. The molecule has 0 bridgehead atoms. The van der Waals surface area contributed by atoms with Crippen LogP contribution in [0.1, 0.15) is 50.7 Å². The molecule has 0 aliphatic rings. The first kappa shape index (κ1) is 15.5. The number of hydrogen-bond donors (Lipinski definition) is 1. The van der Waals surface area contributed by atoms with Crippen LogP contribution in [0, 0.1) is 5.92 Å². The second kappa shape index (κ2) is 5.47. The van der Waals surface area contributed by atoms with Crippen molar-refractivity contribution in [3.63, 3.8) is 0 Å². The van der Waals surface area contributed by atoms with Gasteiger partial charge in [0.05, 0.1) is 17.1 Å². The number of aryl methyl sites for hydroxylation is 1. The zero-order valence-electron chi connectivity index (χ0n) is 13.7. The quantitative estimate of drug-likeness (QED) is 0.944. The SMILES string of the molecule is CC(C)CNC(=O)c1cc(C(C)(C)C)nc2c1cnn2C. The maximum Gasteiger partial charge on any atom is 0.252 e. The van der Waals surface area contributed by atoms with Gasteiger partial charge in [-0.05, 0) is 12.0 Å². The fourth-order valence-electron chi connectivity index (χ4n) is 2.08. The molecule has 0 radical (unpaired) electrons. The summed E-state index contributed by atoms with van der Waals surface area (Å²) < 4.78 is 1.71. The second-order valence-electron chi connectivity index (χ2n) is 6.91. The van der Waals surface area contributed by atoms with Crippen LogP contribution in [0.2, 0.25) is 0 Å². The van der Waals surface area contributed by atoms with Gasteiger partial charge >= 0.3 is 0 Å². The lowest BCUT2D eigenvalue weighted by atomic mass is 9.90. The Morgan fingerprint density at radius 1 is 1.38 bits per heavy atom. The average Bonchev–Trinajstić information content (AvgIpc) is 2.76. The van der Waals surface area contributed by atoms with E-state index in [1.807, 2.05) is 13.1 Å². The van der Waals surface area contributed by atoms with E-state index in [-0.39, 0.29) is 11.3 Å². The third-order valence-corrected chi connectivity index (χ3v) is 3.39. The van der Waals surface area contributed by atoms with E-state index >= 15 is 0 Å². The number of amides is 1. The van der Waals surface area contributed by atoms with Gasteiger partial charge in [0.1, 0.15) is 0 Å². The van der Waals surface area contributed by atoms with Crippen molar-refractivity contribution in [2.45, 2.75) is 40.0 Å². The van der Waals surface area contributed by atoms with Crippen LogP contribution in [0.25, 0.3) is 11.0 Å². The highest BCUT2D eigenvalue weighted by Gasteiger charge is 2.22. The molecule has 114 valence electrons. The lowest BCUT2D eigenvalue weighted by Crippen LogP contribution is -2.28. The number of pyridine rings is 1. The van der Waals surface area contributed by atoms with Crippen LogP contribution in [0.15, 0.2) is 12.3 Å². The minimum atomic E-state index is -0.120. The van der Waals surface area contributed by atoms with Crippen molar-refractivity contribution in [3.05, 3.63) is 23.5 Å². The lowest BCUT2D eigenvalue weighted by Gasteiger charge is -2.19. The van der Waals surface area contributed by atoms with Crippen molar-refractivity contribution in [1.82, 2.24) is 20.1 Å². The summed E-state index contributed by atoms with van der Waals surface area (Å²) in [4.78, 5) is 17.1. The molecule has 0 aliphatic carbocycles. The molecular weight excluding hydrogens is 264 g/mol. The average molecular weight is 288 g/mol. The molecule has 0 saturated heterocycles. The van der Waals surface area contributed by atoms with E-state index in [4.69, 9.17) is 0 Å². The Morgan fingerprint density at radius 2 is 2.05 bits per heavy atom. The summed E-state index contributed by atoms with van der Waals surface area (Å²) in [5.74, 6) is 0.358. The van der Waals surface area contributed by atoms with Crippen LogP contribution in [-0.4, -0.2) is 27.2 Å². The largest absolute Gasteiger partial charge is 0.352 e. The molecule has 5 heteroatoms. The molecule has 2 heterocycles. The third-order valence-electron chi connectivity index (χ3n) is 3.39. The fraction of sp³-hybridized carbons (Fsp3) is 0.562. The monoisotopic (exact) mass is 288 g/mol. The normalized spacial score (nSPS) is 12.1. The highest BCUT2D eigenvalue weighted by Crippen LogP contribution is 2.25. The molecule has 2 aromatic heterocycles. The van der Waals surface area contributed by atoms with Crippen LogP contribution in [0.5, 0.6) is 0 Å². The summed E-state index contributed by atoms with van der Waals surface area (Å²) in [6.45, 7) is 11.1. The van der Waals surface area contributed by atoms with E-state index in [0.29, 0.717) is 18.0 Å². The Bertz CT molecular complexity index is 665. The minimum Gasteiger partial charge on any atom is -0.352 e. The topological polar surface area (TPSA) is 59.8 Å². The fourth-order valence-corrected chi connectivity index (χ4v) is 2.08. The van der Waals surface area contributed by atoms with E-state index in [9.17, 15) is 4.79 Å². The predicted octanol–water partition coefficient (Wildman–Crippen LogP) is 2.65. The standard InChI is InChI=1S/C16H24N4O/c1-10(2)8-17-15(21)11-7-13(16(3,4)5)19-14-12(11)9-18-20(14)6/h7,9-10H,8H2,1-6H3,(H,17,21). The summed E-state index contributed by atoms with van der Waals surface area (Å²) in [7, 11) is 1.84. The molecule has 1 amide bonds. The zero-order chi connectivity index (χ0) is 15.8. The summed E-state index contributed by atoms with van der Waals surface area (Å²) in [6.07, 6.45) is 1.71. The van der Waals surface area contributed by atoms with Crippen molar-refractivity contribution in [2.75, 3.05) is 6.54 Å². The van der Waals surface area contributed by atoms with Gasteiger partial charge in [-0.1, -0.05) is 34.6 Å². The summed E-state index contributed by atoms with van der Waals surface area (Å²) in [6, 6.07) is 1.89. The maximum absolute atomic E-state index is 12.5. The Labute approximate surface area is 125 Å². The molecule has 1 N–H and O–H groups in total. The number of carbonyl (C=O) groups is 1. The van der Waals surface area contributed by atoms with Gasteiger partial charge < -0.3 is 5.32 Å². The van der Waals surface area contributed by atoms with E-state index < -0.39 is 0 Å². The van der Waals surface area contributed by atoms with Crippen LogP contribution < -0.4 is 5.32 Å². The Kier molecular flexibility index (Phi) is 4.03. The number of nitrogens with zero attached hydrogens (tertiary/aromatic N) is 3. The van der Waals surface area contributed by atoms with Crippen molar-refractivity contribution < 1.29 is 4.79 Å². The number of rotatable bonds is 3. The van der Waals surface area contributed by atoms with Crippen molar-refractivity contribution in [2.24, 2.45) is 13.0 Å². The first-order chi connectivity index (χ1) is 9.70. The number of hydrogen-bond acceptors (Lipinski definition) is 3. The summed E-state index contributed by atoms with van der Waals surface area (Å²) in [5.41, 5.74) is 2.18. The molecule has 2 aromatic rings. The molecule has 0 spiro atoms. The summed E-state index contributed by atoms with van der Waals surface area (Å²) in [5, 5.41) is 8.00. The molecule has 0 unspecified atom stereocenters. The Morgan fingerprint density at radius 3 is 2.62 bits per heavy atom. The Hall–Kier alpha value is -1.91. The van der Waals surface area contributed by atoms with Crippen molar-refractivity contribution >= 4 is 16.9 Å². The molecule has 0 aromatic carbocycles. The maximum atomic E-state index is 12.5. The number of aromatic nitrogens is 3.